The first kappa shape index (κ1) is 23.3. The SMILES string of the molecule is CN1CCN(NC(=O)c2nc[nH]c2C(=O)Nc2ccc(CC(=O)c3ccc(F)cc3)cc2)CC1. The number of nitrogens with one attached hydrogen (secondary N) is 3. The number of nitrogens with zero attached hydrogens (tertiary/aromatic N) is 3. The number of amides is 2. The summed E-state index contributed by atoms with van der Waals surface area (Å²) in [6.45, 7) is 3.04. The Kier molecular flexibility index (Phi) is 7.09. The molecule has 1 aliphatic rings. The van der Waals surface area contributed by atoms with Crippen LogP contribution in [0.2, 0.25) is 0 Å². The lowest BCUT2D eigenvalue weighted by atomic mass is 10.0. The number of anilines is 1. The molecule has 0 aliphatic carbocycles. The minimum Gasteiger partial charge on any atom is -0.340 e. The highest BCUT2D eigenvalue weighted by Crippen LogP contribution is 2.15. The van der Waals surface area contributed by atoms with Gasteiger partial charge in [0.15, 0.2) is 11.5 Å². The summed E-state index contributed by atoms with van der Waals surface area (Å²) >= 11 is 0. The molecule has 3 aromatic rings. The van der Waals surface area contributed by atoms with E-state index in [2.05, 4.69) is 25.6 Å². The Bertz CT molecular complexity index is 1170. The van der Waals surface area contributed by atoms with Crippen LogP contribution in [0.25, 0.3) is 0 Å². The van der Waals surface area contributed by atoms with Crippen molar-refractivity contribution in [2.75, 3.05) is 38.5 Å². The highest BCUT2D eigenvalue weighted by atomic mass is 19.1. The van der Waals surface area contributed by atoms with Crippen LogP contribution in [0.15, 0.2) is 54.9 Å². The molecular weight excluding hydrogens is 439 g/mol. The number of piperazine rings is 1. The van der Waals surface area contributed by atoms with Gasteiger partial charge in [-0.15, -0.1) is 0 Å². The van der Waals surface area contributed by atoms with Crippen LogP contribution < -0.4 is 10.7 Å². The zero-order chi connectivity index (χ0) is 24.1. The van der Waals surface area contributed by atoms with Crippen molar-refractivity contribution in [3.8, 4) is 0 Å². The predicted octanol–water partition coefficient (Wildman–Crippen LogP) is 2.12. The zero-order valence-corrected chi connectivity index (χ0v) is 18.7. The number of aromatic nitrogens is 2. The number of rotatable bonds is 7. The number of hydrazine groups is 1. The van der Waals surface area contributed by atoms with Gasteiger partial charge >= 0.3 is 0 Å². The molecule has 1 aromatic heterocycles. The van der Waals surface area contributed by atoms with Crippen molar-refractivity contribution in [2.45, 2.75) is 6.42 Å². The number of imidazole rings is 1. The molecule has 2 amide bonds. The Morgan fingerprint density at radius 3 is 2.32 bits per heavy atom. The van der Waals surface area contributed by atoms with Crippen LogP contribution in [0.3, 0.4) is 0 Å². The van der Waals surface area contributed by atoms with Crippen molar-refractivity contribution in [1.29, 1.82) is 0 Å². The highest BCUT2D eigenvalue weighted by Gasteiger charge is 2.23. The van der Waals surface area contributed by atoms with Crippen molar-refractivity contribution < 1.29 is 18.8 Å². The third-order valence-electron chi connectivity index (χ3n) is 5.59. The van der Waals surface area contributed by atoms with Crippen LogP contribution in [0, 0.1) is 5.82 Å². The number of H-pyrrole nitrogens is 1. The van der Waals surface area contributed by atoms with Crippen molar-refractivity contribution in [1.82, 2.24) is 25.3 Å². The smallest absolute Gasteiger partial charge is 0.286 e. The van der Waals surface area contributed by atoms with E-state index in [-0.39, 0.29) is 23.6 Å². The van der Waals surface area contributed by atoms with Crippen LogP contribution >= 0.6 is 0 Å². The number of hydrogen-bond donors (Lipinski definition) is 3. The van der Waals surface area contributed by atoms with E-state index < -0.39 is 17.6 Å². The summed E-state index contributed by atoms with van der Waals surface area (Å²) in [4.78, 5) is 46.6. The number of likely N-dealkylation sites (N-methyl/N-ethyl adjacent to an activating group) is 1. The molecule has 0 atom stereocenters. The largest absolute Gasteiger partial charge is 0.340 e. The van der Waals surface area contributed by atoms with Crippen molar-refractivity contribution in [2.24, 2.45) is 0 Å². The van der Waals surface area contributed by atoms with Gasteiger partial charge in [-0.05, 0) is 49.0 Å². The van der Waals surface area contributed by atoms with Gasteiger partial charge in [0, 0.05) is 43.9 Å². The number of carbonyl (C=O) groups excluding carboxylic acids is 3. The van der Waals surface area contributed by atoms with E-state index in [9.17, 15) is 18.8 Å². The lowest BCUT2D eigenvalue weighted by molar-refractivity contribution is 0.0655. The standard InChI is InChI=1S/C24H25FN6O3/c1-30-10-12-31(13-11-30)29-24(34)22-21(26-15-27-22)23(33)28-19-8-2-16(3-9-19)14-20(32)17-4-6-18(25)7-5-17/h2-9,15H,10-14H2,1H3,(H,26,27)(H,28,33)(H,29,34). The van der Waals surface area contributed by atoms with E-state index in [1.165, 1.54) is 30.6 Å². The van der Waals surface area contributed by atoms with Gasteiger partial charge in [-0.2, -0.15) is 0 Å². The third kappa shape index (κ3) is 5.72. The fourth-order valence-corrected chi connectivity index (χ4v) is 3.58. The first-order chi connectivity index (χ1) is 16.4. The molecule has 1 saturated heterocycles. The Morgan fingerprint density at radius 1 is 0.971 bits per heavy atom. The van der Waals surface area contributed by atoms with Gasteiger partial charge in [-0.3, -0.25) is 19.8 Å². The van der Waals surface area contributed by atoms with Crippen LogP contribution in [0.5, 0.6) is 0 Å². The summed E-state index contributed by atoms with van der Waals surface area (Å²) in [5.74, 6) is -1.49. The normalized spacial score (nSPS) is 14.5. The molecule has 0 radical (unpaired) electrons. The summed E-state index contributed by atoms with van der Waals surface area (Å²) < 4.78 is 13.0. The fraction of sp³-hybridized carbons (Fsp3) is 0.250. The molecule has 3 N–H and O–H groups in total. The molecule has 4 rings (SSSR count). The summed E-state index contributed by atoms with van der Waals surface area (Å²) in [5.41, 5.74) is 4.55. The molecule has 1 aliphatic heterocycles. The minimum absolute atomic E-state index is 0.0120. The van der Waals surface area contributed by atoms with Gasteiger partial charge in [0.25, 0.3) is 11.8 Å². The number of ketones is 1. The van der Waals surface area contributed by atoms with Gasteiger partial charge in [0.2, 0.25) is 0 Å². The number of carbonyl (C=O) groups is 3. The number of benzene rings is 2. The van der Waals surface area contributed by atoms with Crippen LogP contribution in [0.4, 0.5) is 10.1 Å². The minimum atomic E-state index is -0.504. The van der Waals surface area contributed by atoms with Crippen LogP contribution in [-0.2, 0) is 6.42 Å². The molecule has 9 nitrogen and oxygen atoms in total. The second kappa shape index (κ2) is 10.4. The van der Waals surface area contributed by atoms with Crippen molar-refractivity contribution in [3.63, 3.8) is 0 Å². The molecule has 2 heterocycles. The molecule has 0 bridgehead atoms. The van der Waals surface area contributed by atoms with E-state index in [0.29, 0.717) is 24.3 Å². The second-order valence-electron chi connectivity index (χ2n) is 8.12. The van der Waals surface area contributed by atoms with E-state index >= 15 is 0 Å². The van der Waals surface area contributed by atoms with Crippen molar-refractivity contribution >= 4 is 23.3 Å². The fourth-order valence-electron chi connectivity index (χ4n) is 3.58. The van der Waals surface area contributed by atoms with Gasteiger partial charge in [0.05, 0.1) is 6.33 Å². The number of Topliss-reactive ketones (excluding diaryl/α,β-unsaturated/α-hetero) is 1. The van der Waals surface area contributed by atoms with Gasteiger partial charge in [-0.25, -0.2) is 14.4 Å². The monoisotopic (exact) mass is 464 g/mol. The molecule has 0 unspecified atom stereocenters. The third-order valence-corrected chi connectivity index (χ3v) is 5.59. The van der Waals surface area contributed by atoms with E-state index in [4.69, 9.17) is 0 Å². The van der Waals surface area contributed by atoms with Crippen molar-refractivity contribution in [3.05, 3.63) is 83.2 Å². The van der Waals surface area contributed by atoms with Gasteiger partial charge < -0.3 is 15.2 Å². The lowest BCUT2D eigenvalue weighted by Crippen LogP contribution is -2.52. The molecule has 10 heteroatoms. The van der Waals surface area contributed by atoms with E-state index in [1.54, 1.807) is 24.3 Å². The Labute approximate surface area is 195 Å². The molecular formula is C24H25FN6O3. The number of halogens is 1. The first-order valence-electron chi connectivity index (χ1n) is 10.9. The Hall–Kier alpha value is -3.89. The maximum absolute atomic E-state index is 13.0. The van der Waals surface area contributed by atoms with E-state index in [1.807, 2.05) is 12.1 Å². The first-order valence-corrected chi connectivity index (χ1v) is 10.9. The summed E-state index contributed by atoms with van der Waals surface area (Å²) in [7, 11) is 2.02. The molecule has 0 spiro atoms. The summed E-state index contributed by atoms with van der Waals surface area (Å²) in [5, 5.41) is 4.54. The highest BCUT2D eigenvalue weighted by molar-refractivity contribution is 6.10. The Balaban J connectivity index is 1.35. The molecule has 2 aromatic carbocycles. The molecule has 0 saturated carbocycles. The maximum Gasteiger partial charge on any atom is 0.286 e. The summed E-state index contributed by atoms with van der Waals surface area (Å²) in [6, 6.07) is 12.2. The Morgan fingerprint density at radius 2 is 1.65 bits per heavy atom. The molecule has 1 fully saturated rings. The average Bonchev–Trinajstić information content (AvgIpc) is 3.33. The molecule has 34 heavy (non-hydrogen) atoms. The summed E-state index contributed by atoms with van der Waals surface area (Å²) in [6.07, 6.45) is 1.45. The van der Waals surface area contributed by atoms with E-state index in [0.717, 1.165) is 18.7 Å². The number of aromatic amines is 1. The van der Waals surface area contributed by atoms with Gasteiger partial charge in [0.1, 0.15) is 11.5 Å². The maximum atomic E-state index is 13.0. The van der Waals surface area contributed by atoms with Crippen LogP contribution in [-0.4, -0.2) is 70.7 Å². The number of hydrogen-bond acceptors (Lipinski definition) is 6. The topological polar surface area (TPSA) is 110 Å². The molecule has 176 valence electrons. The van der Waals surface area contributed by atoms with Crippen LogP contribution in [0.1, 0.15) is 36.9 Å². The van der Waals surface area contributed by atoms with Gasteiger partial charge in [-0.1, -0.05) is 12.1 Å². The average molecular weight is 465 g/mol. The quantitative estimate of drug-likeness (QED) is 0.462. The predicted molar refractivity (Wildman–Crippen MR) is 124 cm³/mol. The second-order valence-corrected chi connectivity index (χ2v) is 8.12. The lowest BCUT2D eigenvalue weighted by Gasteiger charge is -2.32. The zero-order valence-electron chi connectivity index (χ0n) is 18.7.